The lowest BCUT2D eigenvalue weighted by Gasteiger charge is -2.11. The van der Waals surface area contributed by atoms with Gasteiger partial charge >= 0.3 is 6.08 Å². The molecule has 0 fully saturated rings. The van der Waals surface area contributed by atoms with Crippen LogP contribution in [-0.2, 0) is 23.0 Å². The molecule has 1 aliphatic heterocycles. The van der Waals surface area contributed by atoms with Crippen LogP contribution in [0.5, 0.6) is 11.5 Å². The van der Waals surface area contributed by atoms with E-state index in [1.807, 2.05) is 12.1 Å². The van der Waals surface area contributed by atoms with Gasteiger partial charge in [0, 0.05) is 23.1 Å². The van der Waals surface area contributed by atoms with Crippen molar-refractivity contribution in [2.45, 2.75) is 26.3 Å². The first-order valence-corrected chi connectivity index (χ1v) is 12.2. The molecule has 10 nitrogen and oxygen atoms in total. The summed E-state index contributed by atoms with van der Waals surface area (Å²) in [5.74, 6) is 1.90. The Morgan fingerprint density at radius 3 is 2.74 bits per heavy atom. The minimum atomic E-state index is -3.29. The van der Waals surface area contributed by atoms with Crippen LogP contribution < -0.4 is 19.9 Å². The molecular weight excluding hydrogens is 542 g/mol. The number of imidazole rings is 1. The average Bonchev–Trinajstić information content (AvgIpc) is 3.30. The van der Waals surface area contributed by atoms with Crippen molar-refractivity contribution in [3.63, 3.8) is 0 Å². The maximum absolute atomic E-state index is 13.9. The topological polar surface area (TPSA) is 134 Å². The Morgan fingerprint density at radius 2 is 2.00 bits per heavy atom. The summed E-state index contributed by atoms with van der Waals surface area (Å²) in [5.41, 5.74) is 7.39. The van der Waals surface area contributed by atoms with Crippen LogP contribution in [0.15, 0.2) is 12.1 Å². The molecular formula is C18H20FIN6O4S. The van der Waals surface area contributed by atoms with E-state index in [0.29, 0.717) is 42.2 Å². The number of ether oxygens (including phenoxy) is 2. The van der Waals surface area contributed by atoms with Crippen molar-refractivity contribution in [1.29, 1.82) is 0 Å². The van der Waals surface area contributed by atoms with E-state index in [4.69, 9.17) is 15.2 Å². The number of hydrogen-bond acceptors (Lipinski definition) is 8. The highest BCUT2D eigenvalue weighted by Gasteiger charge is 2.21. The lowest BCUT2D eigenvalue weighted by atomic mass is 10.1. The molecule has 3 aromatic rings. The summed E-state index contributed by atoms with van der Waals surface area (Å²) in [6, 6.07) is 3.78. The number of fused-ring (bicyclic) bond motifs is 2. The molecule has 3 heterocycles. The molecule has 166 valence electrons. The van der Waals surface area contributed by atoms with Gasteiger partial charge in [0.05, 0.1) is 5.75 Å². The predicted molar refractivity (Wildman–Crippen MR) is 120 cm³/mol. The van der Waals surface area contributed by atoms with Gasteiger partial charge in [0.15, 0.2) is 28.5 Å². The van der Waals surface area contributed by atoms with Crippen LogP contribution in [0.3, 0.4) is 0 Å². The van der Waals surface area contributed by atoms with Gasteiger partial charge in [0.2, 0.25) is 16.8 Å². The van der Waals surface area contributed by atoms with Crippen molar-refractivity contribution in [2.75, 3.05) is 24.8 Å². The second kappa shape index (κ2) is 8.70. The molecule has 3 N–H and O–H groups in total. The summed E-state index contributed by atoms with van der Waals surface area (Å²) >= 11 is 2.21. The number of hydrogen-bond donors (Lipinski definition) is 2. The average molecular weight is 562 g/mol. The number of rotatable bonds is 8. The van der Waals surface area contributed by atoms with Crippen molar-refractivity contribution in [3.8, 4) is 11.5 Å². The number of sulfonamides is 1. The monoisotopic (exact) mass is 562 g/mol. The molecule has 13 heteroatoms. The second-order valence-corrected chi connectivity index (χ2v) is 10.1. The number of benzene rings is 1. The van der Waals surface area contributed by atoms with Gasteiger partial charge in [0.1, 0.15) is 5.82 Å². The smallest absolute Gasteiger partial charge is 0.312 e. The summed E-state index contributed by atoms with van der Waals surface area (Å²) in [7, 11) is -3.29. The zero-order chi connectivity index (χ0) is 22.2. The van der Waals surface area contributed by atoms with E-state index in [1.165, 1.54) is 0 Å². The number of aryl methyl sites for hydroxylation is 1. The van der Waals surface area contributed by atoms with Crippen molar-refractivity contribution >= 4 is 49.6 Å². The fraction of sp³-hybridized carbons (Fsp3) is 0.389. The number of nitrogens with zero attached hydrogens (tertiary/aromatic N) is 4. The van der Waals surface area contributed by atoms with Gasteiger partial charge in [-0.25, -0.2) is 18.1 Å². The fourth-order valence-corrected chi connectivity index (χ4v) is 4.53. The molecule has 1 aromatic carbocycles. The molecule has 0 saturated carbocycles. The van der Waals surface area contributed by atoms with Gasteiger partial charge in [-0.1, -0.05) is 0 Å². The fourth-order valence-electron chi connectivity index (χ4n) is 3.24. The number of nitrogen functional groups attached to an aromatic ring is 1. The normalized spacial score (nSPS) is 13.3. The van der Waals surface area contributed by atoms with E-state index < -0.39 is 16.1 Å². The molecule has 0 aliphatic carbocycles. The van der Waals surface area contributed by atoms with Crippen LogP contribution >= 0.6 is 22.6 Å². The van der Waals surface area contributed by atoms with E-state index in [1.54, 1.807) is 11.5 Å². The lowest BCUT2D eigenvalue weighted by molar-refractivity contribution is 0.174. The molecule has 0 atom stereocenters. The minimum absolute atomic E-state index is 0.00375. The van der Waals surface area contributed by atoms with E-state index in [-0.39, 0.29) is 30.6 Å². The maximum atomic E-state index is 13.9. The van der Waals surface area contributed by atoms with Crippen LogP contribution in [0.25, 0.3) is 11.2 Å². The largest absolute Gasteiger partial charge is 0.454 e. The van der Waals surface area contributed by atoms with E-state index in [9.17, 15) is 12.8 Å². The molecule has 0 spiro atoms. The van der Waals surface area contributed by atoms with E-state index >= 15 is 0 Å². The Labute approximate surface area is 191 Å². The summed E-state index contributed by atoms with van der Waals surface area (Å²) in [6.07, 6.45) is -0.0730. The molecule has 0 radical (unpaired) electrons. The third kappa shape index (κ3) is 4.67. The lowest BCUT2D eigenvalue weighted by Crippen LogP contribution is -2.27. The molecule has 1 aliphatic rings. The first kappa shape index (κ1) is 22.0. The van der Waals surface area contributed by atoms with Gasteiger partial charge in [-0.2, -0.15) is 14.4 Å². The molecule has 4 rings (SSSR count). The predicted octanol–water partition coefficient (Wildman–Crippen LogP) is 1.80. The third-order valence-electron chi connectivity index (χ3n) is 4.82. The van der Waals surface area contributed by atoms with Crippen molar-refractivity contribution in [2.24, 2.45) is 0 Å². The molecule has 0 amide bonds. The molecule has 0 bridgehead atoms. The summed E-state index contributed by atoms with van der Waals surface area (Å²) in [6.45, 7) is 2.35. The number of nitrogens with two attached hydrogens (primary N) is 1. The number of nitrogens with one attached hydrogen (secondary N) is 1. The van der Waals surface area contributed by atoms with Crippen molar-refractivity contribution in [3.05, 3.63) is 33.2 Å². The third-order valence-corrected chi connectivity index (χ3v) is 7.23. The van der Waals surface area contributed by atoms with Gasteiger partial charge in [-0.15, -0.1) is 0 Å². The Balaban J connectivity index is 1.66. The van der Waals surface area contributed by atoms with Gasteiger partial charge in [-0.05, 0) is 53.6 Å². The van der Waals surface area contributed by atoms with E-state index in [2.05, 4.69) is 42.3 Å². The zero-order valence-electron chi connectivity index (χ0n) is 16.6. The SMILES string of the molecule is CCS(=O)(=O)NCCCn1c(Cc2cc3c(cc2I)OCO3)nc2c(N)nc(F)nc21. The van der Waals surface area contributed by atoms with Crippen LogP contribution in [0, 0.1) is 9.65 Å². The highest BCUT2D eigenvalue weighted by Crippen LogP contribution is 2.36. The molecule has 31 heavy (non-hydrogen) atoms. The minimum Gasteiger partial charge on any atom is -0.454 e. The standard InChI is InChI=1S/C18H20FIN6O4S/c1-2-31(27,28)22-4-3-5-26-14(23-15-16(21)24-18(19)25-17(15)26)7-10-6-12-13(8-11(10)20)30-9-29-12/h6,8,22H,2-5,7,9H2,1H3,(H2,21,24,25). The molecule has 0 saturated heterocycles. The summed E-state index contributed by atoms with van der Waals surface area (Å²) < 4.78 is 53.3. The Kier molecular flexibility index (Phi) is 6.16. The van der Waals surface area contributed by atoms with Crippen LogP contribution in [0.4, 0.5) is 10.2 Å². The van der Waals surface area contributed by atoms with Gasteiger partial charge < -0.3 is 19.8 Å². The number of anilines is 1. The van der Waals surface area contributed by atoms with Crippen molar-refractivity contribution < 1.29 is 22.3 Å². The quantitative estimate of drug-likeness (QED) is 0.241. The summed E-state index contributed by atoms with van der Waals surface area (Å²) in [4.78, 5) is 12.0. The highest BCUT2D eigenvalue weighted by atomic mass is 127. The van der Waals surface area contributed by atoms with Crippen LogP contribution in [-0.4, -0.2) is 47.0 Å². The molecule has 2 aromatic heterocycles. The second-order valence-electron chi connectivity index (χ2n) is 6.85. The first-order chi connectivity index (χ1) is 14.8. The van der Waals surface area contributed by atoms with Crippen LogP contribution in [0.2, 0.25) is 0 Å². The van der Waals surface area contributed by atoms with E-state index in [0.717, 1.165) is 9.13 Å². The number of halogens is 2. The molecule has 0 unspecified atom stereocenters. The van der Waals surface area contributed by atoms with Crippen LogP contribution in [0.1, 0.15) is 24.7 Å². The maximum Gasteiger partial charge on any atom is 0.312 e. The first-order valence-electron chi connectivity index (χ1n) is 9.51. The van der Waals surface area contributed by atoms with Gasteiger partial charge in [-0.3, -0.25) is 0 Å². The summed E-state index contributed by atoms with van der Waals surface area (Å²) in [5, 5.41) is 0. The Hall–Kier alpha value is -2.26. The zero-order valence-corrected chi connectivity index (χ0v) is 19.5. The van der Waals surface area contributed by atoms with Gasteiger partial charge in [0.25, 0.3) is 0 Å². The van der Waals surface area contributed by atoms with Crippen molar-refractivity contribution in [1.82, 2.24) is 24.2 Å². The number of aromatic nitrogens is 4. The Morgan fingerprint density at radius 1 is 1.26 bits per heavy atom. The Bertz CT molecular complexity index is 1250. The highest BCUT2D eigenvalue weighted by molar-refractivity contribution is 14.1.